The van der Waals surface area contributed by atoms with Crippen LogP contribution in [0, 0.1) is 0 Å². The molecule has 0 amide bonds. The average molecular weight is 528 g/mol. The lowest BCUT2D eigenvalue weighted by molar-refractivity contribution is 0.230. The summed E-state index contributed by atoms with van der Waals surface area (Å²) in [6, 6.07) is 16.6. The summed E-state index contributed by atoms with van der Waals surface area (Å²) in [7, 11) is 1.66. The van der Waals surface area contributed by atoms with Crippen LogP contribution in [0.3, 0.4) is 0 Å². The number of aromatic nitrogens is 1. The second kappa shape index (κ2) is 10.4. The minimum absolute atomic E-state index is 0.0524. The van der Waals surface area contributed by atoms with E-state index in [4.69, 9.17) is 37.7 Å². The van der Waals surface area contributed by atoms with E-state index in [1.807, 2.05) is 32.0 Å². The van der Waals surface area contributed by atoms with Crippen molar-refractivity contribution in [2.45, 2.75) is 45.3 Å². The van der Waals surface area contributed by atoms with E-state index in [0.717, 1.165) is 47.4 Å². The predicted molar refractivity (Wildman–Crippen MR) is 146 cm³/mol. The van der Waals surface area contributed by atoms with Crippen molar-refractivity contribution in [3.63, 3.8) is 0 Å². The molecule has 7 heteroatoms. The summed E-state index contributed by atoms with van der Waals surface area (Å²) in [4.78, 5) is 9.72. The maximum absolute atomic E-state index is 6.95. The molecule has 3 heterocycles. The number of ether oxygens (including phenoxy) is 2. The fourth-order valence-corrected chi connectivity index (χ4v) is 6.58. The number of halogens is 2. The molecule has 0 unspecified atom stereocenters. The van der Waals surface area contributed by atoms with E-state index >= 15 is 0 Å². The molecule has 1 aliphatic rings. The summed E-state index contributed by atoms with van der Waals surface area (Å²) in [5, 5.41) is 1.75. The number of rotatable bonds is 7. The standard InChI is InChI=1S/C28H28Cl2N2O2S/c1-17(2)34-22-10-9-19(13-23(22)33-3)25-26-20-11-12-32(15-18-7-5-4-6-8-18)16-24(20)35-28(26)31-21(14-29)27(25)30/h4-10,13,17H,11-12,14-16H2,1-3H3. The normalized spacial score (nSPS) is 13.9. The largest absolute Gasteiger partial charge is 0.493 e. The Labute approximate surface area is 220 Å². The molecule has 4 aromatic rings. The van der Waals surface area contributed by atoms with Gasteiger partial charge in [-0.05, 0) is 49.1 Å². The van der Waals surface area contributed by atoms with Crippen LogP contribution in [0.5, 0.6) is 11.5 Å². The number of methoxy groups -OCH3 is 1. The van der Waals surface area contributed by atoms with Gasteiger partial charge in [-0.1, -0.05) is 48.0 Å². The zero-order chi connectivity index (χ0) is 24.5. The summed E-state index contributed by atoms with van der Waals surface area (Å²) in [5.41, 5.74) is 5.35. The van der Waals surface area contributed by atoms with Crippen molar-refractivity contribution in [2.24, 2.45) is 0 Å². The summed E-state index contributed by atoms with van der Waals surface area (Å²) in [6.45, 7) is 6.84. The first-order chi connectivity index (χ1) is 17.0. The fourth-order valence-electron chi connectivity index (χ4n) is 4.71. The molecule has 0 radical (unpaired) electrons. The summed E-state index contributed by atoms with van der Waals surface area (Å²) < 4.78 is 11.6. The molecule has 0 spiro atoms. The van der Waals surface area contributed by atoms with Crippen molar-refractivity contribution in [1.29, 1.82) is 0 Å². The maximum Gasteiger partial charge on any atom is 0.161 e. The summed E-state index contributed by atoms with van der Waals surface area (Å²) >= 11 is 15.0. The molecular formula is C28H28Cl2N2O2S. The second-order valence-corrected chi connectivity index (χ2v) is 10.8. The van der Waals surface area contributed by atoms with Crippen LogP contribution in [0.2, 0.25) is 5.02 Å². The molecule has 0 bridgehead atoms. The molecule has 2 aromatic heterocycles. The number of hydrogen-bond donors (Lipinski definition) is 0. The van der Waals surface area contributed by atoms with E-state index in [9.17, 15) is 0 Å². The van der Waals surface area contributed by atoms with Crippen molar-refractivity contribution in [1.82, 2.24) is 9.88 Å². The van der Waals surface area contributed by atoms with Gasteiger partial charge in [0.25, 0.3) is 0 Å². The van der Waals surface area contributed by atoms with Gasteiger partial charge in [0.15, 0.2) is 11.5 Å². The quantitative estimate of drug-likeness (QED) is 0.231. The SMILES string of the molecule is COc1cc(-c2c(Cl)c(CCl)nc3sc4c(c23)CCN(Cc2ccccc2)C4)ccc1OC(C)C. The highest BCUT2D eigenvalue weighted by Gasteiger charge is 2.27. The van der Waals surface area contributed by atoms with Crippen LogP contribution in [0.15, 0.2) is 48.5 Å². The fraction of sp³-hybridized carbons (Fsp3) is 0.321. The van der Waals surface area contributed by atoms with Gasteiger partial charge in [-0.3, -0.25) is 4.90 Å². The second-order valence-electron chi connectivity index (χ2n) is 9.04. The Morgan fingerprint density at radius 3 is 2.63 bits per heavy atom. The Balaban J connectivity index is 1.59. The Kier molecular flexibility index (Phi) is 7.21. The number of hydrogen-bond acceptors (Lipinski definition) is 5. The Bertz CT molecular complexity index is 1350. The predicted octanol–water partition coefficient (Wildman–Crippen LogP) is 7.71. The number of nitrogens with zero attached hydrogens (tertiary/aromatic N) is 2. The molecule has 182 valence electrons. The third-order valence-corrected chi connectivity index (χ3v) is 8.04. The summed E-state index contributed by atoms with van der Waals surface area (Å²) in [5.74, 6) is 1.66. The molecule has 4 nitrogen and oxygen atoms in total. The Hall–Kier alpha value is -2.31. The van der Waals surface area contributed by atoms with Crippen LogP contribution in [-0.4, -0.2) is 29.6 Å². The molecular weight excluding hydrogens is 499 g/mol. The van der Waals surface area contributed by atoms with E-state index in [1.165, 1.54) is 16.0 Å². The van der Waals surface area contributed by atoms with Gasteiger partial charge in [0.2, 0.25) is 0 Å². The van der Waals surface area contributed by atoms with E-state index in [-0.39, 0.29) is 12.0 Å². The topological polar surface area (TPSA) is 34.6 Å². The smallest absolute Gasteiger partial charge is 0.161 e. The van der Waals surface area contributed by atoms with Gasteiger partial charge in [-0.2, -0.15) is 0 Å². The van der Waals surface area contributed by atoms with Gasteiger partial charge in [0.05, 0.1) is 29.8 Å². The minimum Gasteiger partial charge on any atom is -0.493 e. The first kappa shape index (κ1) is 24.4. The third kappa shape index (κ3) is 4.88. The third-order valence-electron chi connectivity index (χ3n) is 6.27. The van der Waals surface area contributed by atoms with Crippen LogP contribution >= 0.6 is 34.5 Å². The van der Waals surface area contributed by atoms with Crippen molar-refractivity contribution in [2.75, 3.05) is 13.7 Å². The number of benzene rings is 2. The lowest BCUT2D eigenvalue weighted by atomic mass is 9.95. The number of alkyl halides is 1. The Morgan fingerprint density at radius 2 is 1.91 bits per heavy atom. The zero-order valence-corrected chi connectivity index (χ0v) is 22.4. The van der Waals surface area contributed by atoms with Gasteiger partial charge in [0.1, 0.15) is 4.83 Å². The number of thiophene rings is 1. The van der Waals surface area contributed by atoms with Crippen molar-refractivity contribution in [3.05, 3.63) is 75.3 Å². The first-order valence-corrected chi connectivity index (χ1v) is 13.5. The first-order valence-electron chi connectivity index (χ1n) is 11.8. The Morgan fingerprint density at radius 1 is 1.11 bits per heavy atom. The number of pyridine rings is 1. The van der Waals surface area contributed by atoms with Crippen molar-refractivity contribution < 1.29 is 9.47 Å². The van der Waals surface area contributed by atoms with Gasteiger partial charge in [0, 0.05) is 35.5 Å². The highest BCUT2D eigenvalue weighted by molar-refractivity contribution is 7.19. The van der Waals surface area contributed by atoms with Crippen LogP contribution in [-0.2, 0) is 25.4 Å². The zero-order valence-electron chi connectivity index (χ0n) is 20.1. The molecule has 0 saturated heterocycles. The van der Waals surface area contributed by atoms with Crippen LogP contribution in [0.25, 0.3) is 21.3 Å². The van der Waals surface area contributed by atoms with Crippen molar-refractivity contribution >= 4 is 44.8 Å². The molecule has 0 fully saturated rings. The minimum atomic E-state index is 0.0524. The monoisotopic (exact) mass is 526 g/mol. The van der Waals surface area contributed by atoms with Crippen LogP contribution in [0.4, 0.5) is 0 Å². The number of fused-ring (bicyclic) bond motifs is 3. The van der Waals surface area contributed by atoms with E-state index in [2.05, 4.69) is 35.2 Å². The van der Waals surface area contributed by atoms with Crippen LogP contribution in [0.1, 0.15) is 35.5 Å². The molecule has 2 aromatic carbocycles. The molecule has 0 N–H and O–H groups in total. The molecule has 5 rings (SSSR count). The van der Waals surface area contributed by atoms with E-state index in [1.54, 1.807) is 18.4 Å². The molecule has 0 atom stereocenters. The highest BCUT2D eigenvalue weighted by Crippen LogP contribution is 2.46. The molecule has 0 saturated carbocycles. The van der Waals surface area contributed by atoms with Gasteiger partial charge in [-0.15, -0.1) is 22.9 Å². The van der Waals surface area contributed by atoms with Crippen molar-refractivity contribution in [3.8, 4) is 22.6 Å². The maximum atomic E-state index is 6.95. The van der Waals surface area contributed by atoms with Gasteiger partial charge in [-0.25, -0.2) is 4.98 Å². The van der Waals surface area contributed by atoms with Crippen LogP contribution < -0.4 is 9.47 Å². The lowest BCUT2D eigenvalue weighted by Gasteiger charge is -2.27. The highest BCUT2D eigenvalue weighted by atomic mass is 35.5. The van der Waals surface area contributed by atoms with Gasteiger partial charge < -0.3 is 9.47 Å². The summed E-state index contributed by atoms with van der Waals surface area (Å²) in [6.07, 6.45) is 1.01. The van der Waals surface area contributed by atoms with E-state index < -0.39 is 0 Å². The van der Waals surface area contributed by atoms with Gasteiger partial charge >= 0.3 is 0 Å². The molecule has 0 aliphatic carbocycles. The molecule has 35 heavy (non-hydrogen) atoms. The van der Waals surface area contributed by atoms with E-state index in [0.29, 0.717) is 22.2 Å². The molecule has 1 aliphatic heterocycles. The lowest BCUT2D eigenvalue weighted by Crippen LogP contribution is -2.29. The average Bonchev–Trinajstić information content (AvgIpc) is 3.21.